The van der Waals surface area contributed by atoms with Gasteiger partial charge >= 0.3 is 5.97 Å². The van der Waals surface area contributed by atoms with Gasteiger partial charge in [-0.2, -0.15) is 0 Å². The van der Waals surface area contributed by atoms with Crippen LogP contribution in [0.2, 0.25) is 0 Å². The minimum Gasteiger partial charge on any atom is -0.480 e. The lowest BCUT2D eigenvalue weighted by molar-refractivity contribution is -0.138. The van der Waals surface area contributed by atoms with Gasteiger partial charge in [0.2, 0.25) is 10.0 Å². The Kier molecular flexibility index (Phi) is 5.89. The van der Waals surface area contributed by atoms with Crippen molar-refractivity contribution in [1.29, 1.82) is 0 Å². The number of furan rings is 1. The van der Waals surface area contributed by atoms with Gasteiger partial charge in [0.15, 0.2) is 0 Å². The van der Waals surface area contributed by atoms with Crippen molar-refractivity contribution >= 4 is 21.9 Å². The predicted octanol–water partition coefficient (Wildman–Crippen LogP) is 1.24. The van der Waals surface area contributed by atoms with Crippen molar-refractivity contribution in [2.75, 3.05) is 25.4 Å². The molecule has 0 bridgehead atoms. The molecule has 2 heterocycles. The molecule has 1 aromatic rings. The fourth-order valence-electron chi connectivity index (χ4n) is 3.12. The van der Waals surface area contributed by atoms with Crippen LogP contribution in [0.5, 0.6) is 0 Å². The molecule has 0 aromatic carbocycles. The summed E-state index contributed by atoms with van der Waals surface area (Å²) in [5.74, 6) is -0.435. The molecule has 2 rings (SSSR count). The van der Waals surface area contributed by atoms with Crippen molar-refractivity contribution < 1.29 is 27.5 Å². The normalized spacial score (nSPS) is 16.8. The van der Waals surface area contributed by atoms with Crippen molar-refractivity contribution in [3.05, 3.63) is 23.2 Å². The maximum Gasteiger partial charge on any atom is 0.323 e. The summed E-state index contributed by atoms with van der Waals surface area (Å²) < 4.78 is 30.7. The zero-order valence-electron chi connectivity index (χ0n) is 14.7. The van der Waals surface area contributed by atoms with E-state index in [1.54, 1.807) is 26.8 Å². The van der Waals surface area contributed by atoms with E-state index in [9.17, 15) is 23.1 Å². The molecule has 0 unspecified atom stereocenters. The Hall–Kier alpha value is -1.87. The predicted molar refractivity (Wildman–Crippen MR) is 90.9 cm³/mol. The summed E-state index contributed by atoms with van der Waals surface area (Å²) in [6, 6.07) is 1.28. The average Bonchev–Trinajstić information content (AvgIpc) is 2.90. The van der Waals surface area contributed by atoms with Crippen molar-refractivity contribution in [2.45, 2.75) is 39.7 Å². The number of aryl methyl sites for hydroxylation is 2. The van der Waals surface area contributed by atoms with Crippen LogP contribution in [0.1, 0.15) is 41.6 Å². The van der Waals surface area contributed by atoms with E-state index in [1.807, 2.05) is 0 Å². The monoisotopic (exact) mass is 372 g/mol. The third-order valence-corrected chi connectivity index (χ3v) is 6.34. The standard InChI is InChI=1S/C16H24N2O6S/c1-4-25(22,23)17-7-5-13(6-8-17)18(10-15(19)20)16(21)14-9-11(2)24-12(14)3/h9,13H,4-8,10H2,1-3H3,(H,19,20). The molecular formula is C16H24N2O6S. The van der Waals surface area contributed by atoms with E-state index in [0.717, 1.165) is 0 Å². The highest BCUT2D eigenvalue weighted by Gasteiger charge is 2.34. The molecule has 9 heteroatoms. The van der Waals surface area contributed by atoms with Crippen LogP contribution in [0.15, 0.2) is 10.5 Å². The fourth-order valence-corrected chi connectivity index (χ4v) is 4.26. The molecule has 0 spiro atoms. The molecule has 1 fully saturated rings. The smallest absolute Gasteiger partial charge is 0.323 e. The Balaban J connectivity index is 2.18. The molecule has 25 heavy (non-hydrogen) atoms. The molecule has 1 saturated heterocycles. The number of carboxylic acids is 1. The zero-order chi connectivity index (χ0) is 18.8. The summed E-state index contributed by atoms with van der Waals surface area (Å²) in [4.78, 5) is 25.4. The molecule has 1 aliphatic rings. The molecule has 8 nitrogen and oxygen atoms in total. The van der Waals surface area contributed by atoms with Crippen molar-refractivity contribution in [3.63, 3.8) is 0 Å². The van der Waals surface area contributed by atoms with Crippen LogP contribution in [0.3, 0.4) is 0 Å². The van der Waals surface area contributed by atoms with E-state index >= 15 is 0 Å². The number of carbonyl (C=O) groups is 2. The summed E-state index contributed by atoms with van der Waals surface area (Å²) in [6.07, 6.45) is 0.822. The third-order valence-electron chi connectivity index (χ3n) is 4.46. The van der Waals surface area contributed by atoms with Crippen LogP contribution in [0, 0.1) is 13.8 Å². The number of amides is 1. The van der Waals surface area contributed by atoms with Gasteiger partial charge in [0.25, 0.3) is 5.91 Å². The maximum atomic E-state index is 12.8. The summed E-state index contributed by atoms with van der Waals surface area (Å²) in [5, 5.41) is 9.18. The van der Waals surface area contributed by atoms with Gasteiger partial charge in [-0.3, -0.25) is 9.59 Å². The second-order valence-corrected chi connectivity index (χ2v) is 8.44. The maximum absolute atomic E-state index is 12.8. The van der Waals surface area contributed by atoms with Crippen LogP contribution in [-0.4, -0.2) is 66.0 Å². The van der Waals surface area contributed by atoms with E-state index < -0.39 is 28.4 Å². The lowest BCUT2D eigenvalue weighted by atomic mass is 10.0. The molecule has 1 amide bonds. The first-order valence-corrected chi connectivity index (χ1v) is 9.84. The minimum atomic E-state index is -3.27. The summed E-state index contributed by atoms with van der Waals surface area (Å²) in [5.41, 5.74) is 0.349. The third kappa shape index (κ3) is 4.40. The summed E-state index contributed by atoms with van der Waals surface area (Å²) >= 11 is 0. The highest BCUT2D eigenvalue weighted by molar-refractivity contribution is 7.89. The highest BCUT2D eigenvalue weighted by Crippen LogP contribution is 2.23. The Morgan fingerprint density at radius 3 is 2.36 bits per heavy atom. The Labute approximate surface area is 147 Å². The van der Waals surface area contributed by atoms with Gasteiger partial charge in [-0.25, -0.2) is 12.7 Å². The lowest BCUT2D eigenvalue weighted by Crippen LogP contribution is -2.50. The topological polar surface area (TPSA) is 108 Å². The number of hydrogen-bond donors (Lipinski definition) is 1. The first kappa shape index (κ1) is 19.5. The molecule has 1 aliphatic heterocycles. The van der Waals surface area contributed by atoms with E-state index in [1.165, 1.54) is 9.21 Å². The van der Waals surface area contributed by atoms with Gasteiger partial charge in [0.1, 0.15) is 18.1 Å². The van der Waals surface area contributed by atoms with Crippen LogP contribution in [0.25, 0.3) is 0 Å². The van der Waals surface area contributed by atoms with Crippen molar-refractivity contribution in [1.82, 2.24) is 9.21 Å². The Morgan fingerprint density at radius 2 is 1.92 bits per heavy atom. The number of nitrogens with zero attached hydrogens (tertiary/aromatic N) is 2. The second-order valence-electron chi connectivity index (χ2n) is 6.18. The first-order chi connectivity index (χ1) is 11.7. The minimum absolute atomic E-state index is 0.0307. The first-order valence-electron chi connectivity index (χ1n) is 8.23. The highest BCUT2D eigenvalue weighted by atomic mass is 32.2. The number of rotatable bonds is 6. The molecule has 1 aromatic heterocycles. The molecular weight excluding hydrogens is 348 g/mol. The van der Waals surface area contributed by atoms with Gasteiger partial charge in [0, 0.05) is 19.1 Å². The van der Waals surface area contributed by atoms with E-state index in [0.29, 0.717) is 29.9 Å². The van der Waals surface area contributed by atoms with Gasteiger partial charge in [-0.05, 0) is 39.7 Å². The molecule has 0 saturated carbocycles. The Morgan fingerprint density at radius 1 is 1.32 bits per heavy atom. The van der Waals surface area contributed by atoms with Crippen LogP contribution >= 0.6 is 0 Å². The van der Waals surface area contributed by atoms with E-state index in [4.69, 9.17) is 4.42 Å². The number of sulfonamides is 1. The van der Waals surface area contributed by atoms with E-state index in [2.05, 4.69) is 0 Å². The number of carboxylic acid groups (broad SMARTS) is 1. The number of aliphatic carboxylic acids is 1. The number of hydrogen-bond acceptors (Lipinski definition) is 5. The molecule has 0 radical (unpaired) electrons. The molecule has 0 aliphatic carbocycles. The number of piperidine rings is 1. The quantitative estimate of drug-likeness (QED) is 0.805. The van der Waals surface area contributed by atoms with Gasteiger partial charge < -0.3 is 14.4 Å². The van der Waals surface area contributed by atoms with Crippen LogP contribution in [0.4, 0.5) is 0 Å². The van der Waals surface area contributed by atoms with Crippen molar-refractivity contribution in [2.24, 2.45) is 0 Å². The average molecular weight is 372 g/mol. The molecule has 140 valence electrons. The largest absolute Gasteiger partial charge is 0.480 e. The molecule has 0 atom stereocenters. The SMILES string of the molecule is CCS(=O)(=O)N1CCC(N(CC(=O)O)C(=O)c2cc(C)oc2C)CC1. The molecule has 1 N–H and O–H groups in total. The van der Waals surface area contributed by atoms with Gasteiger partial charge in [-0.15, -0.1) is 0 Å². The van der Waals surface area contributed by atoms with Crippen LogP contribution in [-0.2, 0) is 14.8 Å². The fraction of sp³-hybridized carbons (Fsp3) is 0.625. The van der Waals surface area contributed by atoms with E-state index in [-0.39, 0.29) is 24.9 Å². The lowest BCUT2D eigenvalue weighted by Gasteiger charge is -2.37. The van der Waals surface area contributed by atoms with Gasteiger partial charge in [-0.1, -0.05) is 0 Å². The Bertz CT molecular complexity index is 747. The van der Waals surface area contributed by atoms with Crippen LogP contribution < -0.4 is 0 Å². The zero-order valence-corrected chi connectivity index (χ0v) is 15.5. The number of carbonyl (C=O) groups excluding carboxylic acids is 1. The summed E-state index contributed by atoms with van der Waals surface area (Å²) in [7, 11) is -3.27. The second kappa shape index (κ2) is 7.57. The van der Waals surface area contributed by atoms with Crippen molar-refractivity contribution in [3.8, 4) is 0 Å². The summed E-state index contributed by atoms with van der Waals surface area (Å²) in [6.45, 7) is 5.12. The van der Waals surface area contributed by atoms with Gasteiger partial charge in [0.05, 0.1) is 11.3 Å².